The van der Waals surface area contributed by atoms with Crippen LogP contribution in [0.1, 0.15) is 26.2 Å². The second-order valence-corrected chi connectivity index (χ2v) is 2.82. The third-order valence-corrected chi connectivity index (χ3v) is 1.57. The number of methoxy groups -OCH3 is 1. The molecule has 0 saturated carbocycles. The summed E-state index contributed by atoms with van der Waals surface area (Å²) in [6, 6.07) is 0. The summed E-state index contributed by atoms with van der Waals surface area (Å²) in [4.78, 5) is 10.7. The maximum Gasteiger partial charge on any atom is 0.334 e. The van der Waals surface area contributed by atoms with Crippen LogP contribution in [-0.2, 0) is 9.53 Å². The number of hydrogen-bond donors (Lipinski definition) is 2. The van der Waals surface area contributed by atoms with Crippen molar-refractivity contribution in [2.75, 3.05) is 7.11 Å². The van der Waals surface area contributed by atoms with Gasteiger partial charge < -0.3 is 14.9 Å². The highest BCUT2D eigenvalue weighted by atomic mass is 16.5. The van der Waals surface area contributed by atoms with Crippen LogP contribution in [0.15, 0.2) is 0 Å². The molecule has 0 fully saturated rings. The molecule has 2 unspecified atom stereocenters. The molecule has 0 saturated heterocycles. The van der Waals surface area contributed by atoms with Crippen molar-refractivity contribution in [1.82, 2.24) is 0 Å². The number of carbonyl (C=O) groups excluding carboxylic acids is 1. The highest BCUT2D eigenvalue weighted by Crippen LogP contribution is 2.04. The maximum atomic E-state index is 10.7. The highest BCUT2D eigenvalue weighted by Gasteiger charge is 2.14. The fourth-order valence-corrected chi connectivity index (χ4v) is 0.861. The average Bonchev–Trinajstić information content (AvgIpc) is 2.02. The molecule has 0 rings (SSSR count). The third-order valence-electron chi connectivity index (χ3n) is 1.57. The number of rotatable bonds is 5. The van der Waals surface area contributed by atoms with Gasteiger partial charge in [-0.2, -0.15) is 0 Å². The van der Waals surface area contributed by atoms with Crippen molar-refractivity contribution >= 4 is 5.97 Å². The number of aliphatic hydroxyl groups excluding tert-OH is 2. The minimum Gasteiger partial charge on any atom is -0.467 e. The number of carbonyl (C=O) groups is 1. The normalized spacial score (nSPS) is 15.3. The van der Waals surface area contributed by atoms with Gasteiger partial charge in [-0.3, -0.25) is 0 Å². The van der Waals surface area contributed by atoms with Crippen LogP contribution in [0.4, 0.5) is 0 Å². The van der Waals surface area contributed by atoms with Crippen LogP contribution in [0.2, 0.25) is 0 Å². The van der Waals surface area contributed by atoms with Crippen molar-refractivity contribution in [3.8, 4) is 0 Å². The Balaban J connectivity index is 3.43. The van der Waals surface area contributed by atoms with Gasteiger partial charge in [-0.05, 0) is 26.2 Å². The fourth-order valence-electron chi connectivity index (χ4n) is 0.861. The second-order valence-electron chi connectivity index (χ2n) is 2.82. The largest absolute Gasteiger partial charge is 0.467 e. The van der Waals surface area contributed by atoms with Gasteiger partial charge in [-0.15, -0.1) is 0 Å². The van der Waals surface area contributed by atoms with Crippen LogP contribution in [0, 0.1) is 0 Å². The van der Waals surface area contributed by atoms with Gasteiger partial charge >= 0.3 is 5.97 Å². The Kier molecular flexibility index (Phi) is 5.66. The number of esters is 1. The van der Waals surface area contributed by atoms with E-state index in [-0.39, 0.29) is 6.10 Å². The smallest absolute Gasteiger partial charge is 0.334 e. The van der Waals surface area contributed by atoms with Crippen molar-refractivity contribution < 1.29 is 19.7 Å². The van der Waals surface area contributed by atoms with Crippen LogP contribution in [0.3, 0.4) is 0 Å². The van der Waals surface area contributed by atoms with E-state index in [1.807, 2.05) is 0 Å². The molecule has 0 aromatic rings. The molecule has 0 radical (unpaired) electrons. The molecule has 12 heavy (non-hydrogen) atoms. The Morgan fingerprint density at radius 2 is 2.00 bits per heavy atom. The Morgan fingerprint density at radius 1 is 1.42 bits per heavy atom. The predicted molar refractivity (Wildman–Crippen MR) is 43.6 cm³/mol. The molecule has 0 heterocycles. The van der Waals surface area contributed by atoms with Gasteiger partial charge in [0, 0.05) is 0 Å². The van der Waals surface area contributed by atoms with E-state index in [1.165, 1.54) is 7.11 Å². The molecule has 0 aliphatic rings. The summed E-state index contributed by atoms with van der Waals surface area (Å²) in [6.07, 6.45) is 0.128. The van der Waals surface area contributed by atoms with E-state index in [2.05, 4.69) is 4.74 Å². The Morgan fingerprint density at radius 3 is 2.42 bits per heavy atom. The first-order valence-corrected chi connectivity index (χ1v) is 4.02. The van der Waals surface area contributed by atoms with E-state index in [0.717, 1.165) is 0 Å². The van der Waals surface area contributed by atoms with E-state index >= 15 is 0 Å². The van der Waals surface area contributed by atoms with Crippen LogP contribution in [0.5, 0.6) is 0 Å². The lowest BCUT2D eigenvalue weighted by atomic mass is 10.1. The molecule has 0 bridgehead atoms. The number of aliphatic hydroxyl groups is 2. The molecular weight excluding hydrogens is 160 g/mol. The monoisotopic (exact) mass is 176 g/mol. The third kappa shape index (κ3) is 5.09. The minimum atomic E-state index is -1.05. The predicted octanol–water partition coefficient (Wildman–Crippen LogP) is 0.0714. The molecule has 0 aromatic carbocycles. The lowest BCUT2D eigenvalue weighted by Gasteiger charge is -2.08. The van der Waals surface area contributed by atoms with Gasteiger partial charge in [0.25, 0.3) is 0 Å². The molecule has 0 aliphatic heterocycles. The number of ether oxygens (including phenoxy) is 1. The van der Waals surface area contributed by atoms with Gasteiger partial charge in [0.15, 0.2) is 6.10 Å². The molecule has 0 spiro atoms. The van der Waals surface area contributed by atoms with E-state index in [1.54, 1.807) is 6.92 Å². The van der Waals surface area contributed by atoms with Gasteiger partial charge in [0.1, 0.15) is 0 Å². The van der Waals surface area contributed by atoms with Gasteiger partial charge in [0.05, 0.1) is 13.2 Å². The van der Waals surface area contributed by atoms with Crippen LogP contribution < -0.4 is 0 Å². The molecule has 4 nitrogen and oxygen atoms in total. The minimum absolute atomic E-state index is 0.345. The molecule has 4 heteroatoms. The lowest BCUT2D eigenvalue weighted by Crippen LogP contribution is -2.21. The Labute approximate surface area is 72.2 Å². The first kappa shape index (κ1) is 11.4. The fraction of sp³-hybridized carbons (Fsp3) is 0.875. The maximum absolute atomic E-state index is 10.7. The summed E-state index contributed by atoms with van der Waals surface area (Å²) in [5, 5.41) is 17.9. The molecule has 2 atom stereocenters. The van der Waals surface area contributed by atoms with E-state index < -0.39 is 12.1 Å². The topological polar surface area (TPSA) is 66.8 Å². The Hall–Kier alpha value is -0.610. The van der Waals surface area contributed by atoms with Crippen LogP contribution in [-0.4, -0.2) is 35.5 Å². The van der Waals surface area contributed by atoms with Crippen LogP contribution >= 0.6 is 0 Å². The molecule has 0 aliphatic carbocycles. The van der Waals surface area contributed by atoms with Crippen molar-refractivity contribution in [3.05, 3.63) is 0 Å². The van der Waals surface area contributed by atoms with Crippen molar-refractivity contribution in [2.24, 2.45) is 0 Å². The van der Waals surface area contributed by atoms with Gasteiger partial charge in [0.2, 0.25) is 0 Å². The first-order valence-electron chi connectivity index (χ1n) is 4.02. The van der Waals surface area contributed by atoms with Gasteiger partial charge in [-0.25, -0.2) is 4.79 Å². The van der Waals surface area contributed by atoms with E-state index in [0.29, 0.717) is 19.3 Å². The highest BCUT2D eigenvalue weighted by molar-refractivity contribution is 5.74. The first-order chi connectivity index (χ1) is 5.57. The Bertz CT molecular complexity index is 133. The molecule has 72 valence electrons. The SMILES string of the molecule is COC(=O)C(O)CCCC(C)O. The van der Waals surface area contributed by atoms with E-state index in [4.69, 9.17) is 10.2 Å². The van der Waals surface area contributed by atoms with E-state index in [9.17, 15) is 4.79 Å². The zero-order valence-electron chi connectivity index (χ0n) is 7.49. The second kappa shape index (κ2) is 5.97. The quantitative estimate of drug-likeness (QED) is 0.582. The summed E-state index contributed by atoms with van der Waals surface area (Å²) in [7, 11) is 1.24. The summed E-state index contributed by atoms with van der Waals surface area (Å²) in [6.45, 7) is 1.67. The lowest BCUT2D eigenvalue weighted by molar-refractivity contribution is -0.150. The molecule has 0 amide bonds. The van der Waals surface area contributed by atoms with Crippen LogP contribution in [0.25, 0.3) is 0 Å². The van der Waals surface area contributed by atoms with Crippen molar-refractivity contribution in [3.63, 3.8) is 0 Å². The van der Waals surface area contributed by atoms with Crippen molar-refractivity contribution in [2.45, 2.75) is 38.4 Å². The molecule has 0 aromatic heterocycles. The number of hydrogen-bond acceptors (Lipinski definition) is 4. The summed E-state index contributed by atoms with van der Waals surface area (Å²) in [5.41, 5.74) is 0. The zero-order chi connectivity index (χ0) is 9.56. The zero-order valence-corrected chi connectivity index (χ0v) is 7.49. The summed E-state index contributed by atoms with van der Waals surface area (Å²) >= 11 is 0. The van der Waals surface area contributed by atoms with Crippen molar-refractivity contribution in [1.29, 1.82) is 0 Å². The summed E-state index contributed by atoms with van der Waals surface area (Å²) < 4.78 is 4.32. The van der Waals surface area contributed by atoms with Gasteiger partial charge in [-0.1, -0.05) is 0 Å². The molecule has 2 N–H and O–H groups in total. The molecular formula is C8H16O4. The summed E-state index contributed by atoms with van der Waals surface area (Å²) in [5.74, 6) is -0.611. The standard InChI is InChI=1S/C8H16O4/c1-6(9)4-3-5-7(10)8(11)12-2/h6-7,9-10H,3-5H2,1-2H3. The average molecular weight is 176 g/mol.